The van der Waals surface area contributed by atoms with Crippen LogP contribution in [-0.4, -0.2) is 30.3 Å². The molecule has 1 N–H and O–H groups in total. The van der Waals surface area contributed by atoms with Crippen LogP contribution in [0.1, 0.15) is 5.01 Å². The highest BCUT2D eigenvalue weighted by molar-refractivity contribution is 7.21. The summed E-state index contributed by atoms with van der Waals surface area (Å²) in [7, 11) is 0. The molecule has 0 saturated carbocycles. The van der Waals surface area contributed by atoms with Crippen molar-refractivity contribution in [3.8, 4) is 11.5 Å². The number of aromatic nitrogens is 1. The Kier molecular flexibility index (Phi) is 5.52. The molecule has 2 heterocycles. The molecule has 0 aliphatic carbocycles. The number of para-hydroxylation sites is 2. The number of carbonyl (C=O) groups excluding carboxylic acids is 1. The van der Waals surface area contributed by atoms with Crippen molar-refractivity contribution in [3.63, 3.8) is 0 Å². The van der Waals surface area contributed by atoms with E-state index in [1.807, 2.05) is 24.4 Å². The quantitative estimate of drug-likeness (QED) is 0.403. The van der Waals surface area contributed by atoms with Crippen LogP contribution in [-0.2, 0) is 4.79 Å². The molecular formula is C20H15F3N2O3S2. The van der Waals surface area contributed by atoms with E-state index in [0.29, 0.717) is 5.75 Å². The lowest BCUT2D eigenvalue weighted by Crippen LogP contribution is -2.22. The van der Waals surface area contributed by atoms with Crippen LogP contribution in [0.25, 0.3) is 20.3 Å². The maximum atomic E-state index is 12.4. The van der Waals surface area contributed by atoms with Gasteiger partial charge in [-0.05, 0) is 30.5 Å². The van der Waals surface area contributed by atoms with Gasteiger partial charge in [0.15, 0.2) is 13.2 Å². The summed E-state index contributed by atoms with van der Waals surface area (Å²) in [6.07, 6.45) is -4.47. The van der Waals surface area contributed by atoms with Crippen molar-refractivity contribution >= 4 is 54.6 Å². The van der Waals surface area contributed by atoms with Crippen molar-refractivity contribution in [2.75, 3.05) is 18.5 Å². The minimum absolute atomic E-state index is 0.0649. The Labute approximate surface area is 177 Å². The molecular weight excluding hydrogens is 437 g/mol. The van der Waals surface area contributed by atoms with Gasteiger partial charge in [0.1, 0.15) is 11.5 Å². The van der Waals surface area contributed by atoms with Gasteiger partial charge in [0.25, 0.3) is 5.91 Å². The second-order valence-electron chi connectivity index (χ2n) is 6.35. The maximum absolute atomic E-state index is 12.4. The van der Waals surface area contributed by atoms with E-state index in [-0.39, 0.29) is 18.0 Å². The molecule has 4 rings (SSSR count). The molecule has 0 saturated heterocycles. The van der Waals surface area contributed by atoms with E-state index in [9.17, 15) is 18.0 Å². The third kappa shape index (κ3) is 4.49. The Morgan fingerprint density at radius 2 is 1.97 bits per heavy atom. The van der Waals surface area contributed by atoms with Gasteiger partial charge in [-0.3, -0.25) is 4.79 Å². The molecule has 0 spiro atoms. The van der Waals surface area contributed by atoms with E-state index in [4.69, 9.17) is 9.47 Å². The van der Waals surface area contributed by atoms with Crippen molar-refractivity contribution in [3.05, 3.63) is 46.8 Å². The standard InChI is InChI=1S/C20H15F3N2O3S2/c1-11-24-18-16(30-11)8-15(12-6-7-29-19(12)18)27-9-17(26)25-13-4-2-3-5-14(13)28-10-20(21,22)23/h2-8H,9-10H2,1H3,(H,25,26). The number of carbonyl (C=O) groups is 1. The van der Waals surface area contributed by atoms with E-state index >= 15 is 0 Å². The van der Waals surface area contributed by atoms with Crippen LogP contribution in [0.3, 0.4) is 0 Å². The smallest absolute Gasteiger partial charge is 0.422 e. The highest BCUT2D eigenvalue weighted by atomic mass is 32.1. The number of benzene rings is 2. The summed E-state index contributed by atoms with van der Waals surface area (Å²) in [5, 5.41) is 6.26. The molecule has 4 aromatic rings. The number of amides is 1. The number of hydrogen-bond donors (Lipinski definition) is 1. The molecule has 0 unspecified atom stereocenters. The Bertz CT molecular complexity index is 1220. The first-order valence-electron chi connectivity index (χ1n) is 8.79. The van der Waals surface area contributed by atoms with E-state index in [1.54, 1.807) is 17.4 Å². The second kappa shape index (κ2) is 8.11. The lowest BCUT2D eigenvalue weighted by Gasteiger charge is -2.14. The van der Waals surface area contributed by atoms with Crippen molar-refractivity contribution < 1.29 is 27.4 Å². The van der Waals surface area contributed by atoms with Gasteiger partial charge in [-0.25, -0.2) is 4.98 Å². The van der Waals surface area contributed by atoms with Crippen molar-refractivity contribution in [2.45, 2.75) is 13.1 Å². The number of aryl methyl sites for hydroxylation is 1. The molecule has 2 aromatic heterocycles. The molecule has 0 radical (unpaired) electrons. The third-order valence-corrected chi connectivity index (χ3v) is 5.92. The molecule has 0 atom stereocenters. The van der Waals surface area contributed by atoms with Gasteiger partial charge >= 0.3 is 6.18 Å². The van der Waals surface area contributed by atoms with Crippen molar-refractivity contribution in [1.82, 2.24) is 4.98 Å². The zero-order valence-electron chi connectivity index (χ0n) is 15.6. The highest BCUT2D eigenvalue weighted by Crippen LogP contribution is 2.38. The Balaban J connectivity index is 1.47. The molecule has 0 aliphatic heterocycles. The maximum Gasteiger partial charge on any atom is 0.422 e. The number of nitrogens with one attached hydrogen (secondary N) is 1. The Morgan fingerprint density at radius 1 is 1.17 bits per heavy atom. The number of anilines is 1. The Morgan fingerprint density at radius 3 is 2.77 bits per heavy atom. The summed E-state index contributed by atoms with van der Waals surface area (Å²) in [6.45, 7) is 0.180. The molecule has 1 amide bonds. The number of thiazole rings is 1. The molecule has 156 valence electrons. The fraction of sp³-hybridized carbons (Fsp3) is 0.200. The van der Waals surface area contributed by atoms with Gasteiger partial charge in [0.2, 0.25) is 0 Å². The van der Waals surface area contributed by atoms with Crippen molar-refractivity contribution in [1.29, 1.82) is 0 Å². The highest BCUT2D eigenvalue weighted by Gasteiger charge is 2.29. The lowest BCUT2D eigenvalue weighted by atomic mass is 10.2. The average molecular weight is 452 g/mol. The van der Waals surface area contributed by atoms with Gasteiger partial charge in [-0.2, -0.15) is 13.2 Å². The summed E-state index contributed by atoms with van der Waals surface area (Å²) < 4.78 is 49.7. The molecule has 2 aromatic carbocycles. The minimum Gasteiger partial charge on any atom is -0.483 e. The average Bonchev–Trinajstić information content (AvgIpc) is 3.30. The van der Waals surface area contributed by atoms with Gasteiger partial charge in [0.05, 0.1) is 25.6 Å². The summed E-state index contributed by atoms with van der Waals surface area (Å²) in [5.41, 5.74) is 1.06. The summed E-state index contributed by atoms with van der Waals surface area (Å²) in [5.74, 6) is -0.0221. The largest absolute Gasteiger partial charge is 0.483 e. The first kappa shape index (κ1) is 20.4. The number of nitrogens with zero attached hydrogens (tertiary/aromatic N) is 1. The number of halogens is 3. The SMILES string of the molecule is Cc1nc2c(cc(OCC(=O)Nc3ccccc3OCC(F)(F)F)c3ccsc32)s1. The van der Waals surface area contributed by atoms with Gasteiger partial charge < -0.3 is 14.8 Å². The molecule has 0 fully saturated rings. The monoisotopic (exact) mass is 452 g/mol. The Hall–Kier alpha value is -2.85. The van der Waals surface area contributed by atoms with Crippen LogP contribution < -0.4 is 14.8 Å². The van der Waals surface area contributed by atoms with Crippen LogP contribution in [0.5, 0.6) is 11.5 Å². The van der Waals surface area contributed by atoms with Crippen LogP contribution in [0, 0.1) is 6.92 Å². The summed E-state index contributed by atoms with van der Waals surface area (Å²) in [6, 6.07) is 9.69. The molecule has 0 bridgehead atoms. The molecule has 5 nitrogen and oxygen atoms in total. The van der Waals surface area contributed by atoms with E-state index in [0.717, 1.165) is 25.3 Å². The van der Waals surface area contributed by atoms with Gasteiger partial charge in [0, 0.05) is 11.5 Å². The summed E-state index contributed by atoms with van der Waals surface area (Å²) >= 11 is 3.08. The zero-order valence-corrected chi connectivity index (χ0v) is 17.2. The molecule has 10 heteroatoms. The lowest BCUT2D eigenvalue weighted by molar-refractivity contribution is -0.153. The van der Waals surface area contributed by atoms with E-state index in [1.165, 1.54) is 29.5 Å². The number of alkyl halides is 3. The number of rotatable bonds is 6. The van der Waals surface area contributed by atoms with Crippen LogP contribution in [0.2, 0.25) is 0 Å². The molecule has 30 heavy (non-hydrogen) atoms. The van der Waals surface area contributed by atoms with Crippen LogP contribution >= 0.6 is 22.7 Å². The fourth-order valence-corrected chi connectivity index (χ4v) is 4.72. The number of thiophene rings is 1. The van der Waals surface area contributed by atoms with Crippen LogP contribution in [0.15, 0.2) is 41.8 Å². The number of ether oxygens (including phenoxy) is 2. The number of hydrogen-bond acceptors (Lipinski definition) is 6. The fourth-order valence-electron chi connectivity index (χ4n) is 2.89. The predicted molar refractivity (Wildman–Crippen MR) is 112 cm³/mol. The summed E-state index contributed by atoms with van der Waals surface area (Å²) in [4.78, 5) is 16.9. The first-order valence-corrected chi connectivity index (χ1v) is 10.5. The predicted octanol–water partition coefficient (Wildman–Crippen LogP) is 5.78. The van der Waals surface area contributed by atoms with Crippen molar-refractivity contribution in [2.24, 2.45) is 0 Å². The third-order valence-electron chi connectivity index (χ3n) is 4.08. The second-order valence-corrected chi connectivity index (χ2v) is 8.51. The topological polar surface area (TPSA) is 60.5 Å². The van der Waals surface area contributed by atoms with Crippen LogP contribution in [0.4, 0.5) is 18.9 Å². The minimum atomic E-state index is -4.47. The van der Waals surface area contributed by atoms with E-state index < -0.39 is 18.7 Å². The first-order chi connectivity index (χ1) is 14.3. The normalized spacial score (nSPS) is 11.7. The number of fused-ring (bicyclic) bond motifs is 3. The zero-order chi connectivity index (χ0) is 21.3. The van der Waals surface area contributed by atoms with E-state index in [2.05, 4.69) is 10.3 Å². The molecule has 0 aliphatic rings. The van der Waals surface area contributed by atoms with Gasteiger partial charge in [-0.1, -0.05) is 12.1 Å². The van der Waals surface area contributed by atoms with Gasteiger partial charge in [-0.15, -0.1) is 22.7 Å².